The van der Waals surface area contributed by atoms with Gasteiger partial charge < -0.3 is 4.84 Å². The van der Waals surface area contributed by atoms with E-state index in [-0.39, 0.29) is 0 Å². The van der Waals surface area contributed by atoms with Gasteiger partial charge in [0, 0.05) is 16.5 Å². The Morgan fingerprint density at radius 2 is 2.71 bits per heavy atom. The molecule has 0 spiro atoms. The maximum Gasteiger partial charge on any atom is 0.135 e. The lowest BCUT2D eigenvalue weighted by atomic mass is 10.6. The van der Waals surface area contributed by atoms with Gasteiger partial charge in [0.25, 0.3) is 0 Å². The number of allylic oxidation sites excluding steroid dienone is 1. The Labute approximate surface area is 46.5 Å². The molecule has 1 rings (SSSR count). The molecule has 1 heterocycles. The molecule has 1 N–H and O–H groups in total. The van der Waals surface area contributed by atoms with Crippen molar-refractivity contribution in [3.63, 3.8) is 0 Å². The topological polar surface area (TPSA) is 24.5 Å². The first-order valence-electron chi connectivity index (χ1n) is 1.85. The molecule has 0 aromatic rings. The molecule has 1 aliphatic heterocycles. The summed E-state index contributed by atoms with van der Waals surface area (Å²) in [6.07, 6.45) is 1.52. The Balaban J connectivity index is 2.42. The third-order valence-corrected chi connectivity index (χ3v) is 0.750. The second-order valence-corrected chi connectivity index (χ2v) is 1.57. The number of halogens is 1. The van der Waals surface area contributed by atoms with Crippen molar-refractivity contribution < 1.29 is 4.84 Å². The highest BCUT2D eigenvalue weighted by Gasteiger charge is 2.05. The molecule has 4 heteroatoms. The first-order valence-corrected chi connectivity index (χ1v) is 2.19. The van der Waals surface area contributed by atoms with Crippen molar-refractivity contribution in [1.82, 2.24) is 10.1 Å². The van der Waals surface area contributed by atoms with Crippen LogP contribution in [0.5, 0.6) is 0 Å². The molecular formula is C3H5ClN2O. The van der Waals surface area contributed by atoms with Gasteiger partial charge in [-0.1, -0.05) is 0 Å². The summed E-state index contributed by atoms with van der Waals surface area (Å²) in [5, 5.41) is 0. The highest BCUT2D eigenvalue weighted by Crippen LogP contribution is 2.03. The van der Waals surface area contributed by atoms with Crippen LogP contribution in [-0.4, -0.2) is 4.69 Å². The first-order chi connectivity index (χ1) is 3.29. The fraction of sp³-hybridized carbons (Fsp3) is 0.333. The molecule has 0 unspecified atom stereocenters. The molecule has 0 radical (unpaired) electrons. The van der Waals surface area contributed by atoms with Crippen LogP contribution >= 0.6 is 11.8 Å². The molecule has 0 aliphatic carbocycles. The van der Waals surface area contributed by atoms with Gasteiger partial charge in [0.15, 0.2) is 0 Å². The van der Waals surface area contributed by atoms with Crippen LogP contribution in [0.15, 0.2) is 12.0 Å². The number of hydrogen-bond donors (Lipinski definition) is 1. The van der Waals surface area contributed by atoms with E-state index in [9.17, 15) is 0 Å². The minimum absolute atomic E-state index is 0.898. The highest BCUT2D eigenvalue weighted by molar-refractivity contribution is 6.12. The van der Waals surface area contributed by atoms with Gasteiger partial charge in [-0.05, 0) is 6.92 Å². The molecule has 1 aliphatic rings. The summed E-state index contributed by atoms with van der Waals surface area (Å²) in [5.74, 6) is 0. The third kappa shape index (κ3) is 0.976. The van der Waals surface area contributed by atoms with Crippen molar-refractivity contribution in [1.29, 1.82) is 0 Å². The fourth-order valence-corrected chi connectivity index (χ4v) is 0.490. The lowest BCUT2D eigenvalue weighted by molar-refractivity contribution is -0.0200. The normalized spacial score (nSPS) is 20.6. The van der Waals surface area contributed by atoms with E-state index in [0.29, 0.717) is 0 Å². The van der Waals surface area contributed by atoms with Crippen LogP contribution in [0.4, 0.5) is 0 Å². The average molecular weight is 121 g/mol. The summed E-state index contributed by atoms with van der Waals surface area (Å²) in [5.41, 5.74) is 3.55. The van der Waals surface area contributed by atoms with Gasteiger partial charge >= 0.3 is 0 Å². The summed E-state index contributed by atoms with van der Waals surface area (Å²) < 4.78 is 1.01. The minimum atomic E-state index is 0.898. The molecule has 40 valence electrons. The maximum atomic E-state index is 5.25. The molecule has 0 bridgehead atoms. The first kappa shape index (κ1) is 4.74. The molecule has 0 aromatic carbocycles. The number of nitrogens with one attached hydrogen (secondary N) is 1. The number of hydrogen-bond acceptors (Lipinski definition) is 3. The summed E-state index contributed by atoms with van der Waals surface area (Å²) in [4.78, 5) is 4.59. The van der Waals surface area contributed by atoms with Gasteiger partial charge in [-0.3, -0.25) is 5.43 Å². The fourth-order valence-electron chi connectivity index (χ4n) is 0.317. The van der Waals surface area contributed by atoms with Crippen molar-refractivity contribution in [3.05, 3.63) is 12.0 Å². The van der Waals surface area contributed by atoms with Gasteiger partial charge in [0.2, 0.25) is 0 Å². The maximum absolute atomic E-state index is 5.25. The van der Waals surface area contributed by atoms with Crippen molar-refractivity contribution in [3.8, 4) is 0 Å². The molecule has 0 saturated carbocycles. The lowest BCUT2D eigenvalue weighted by Gasteiger charge is -2.01. The Bertz CT molecular complexity index is 103. The molecular weight excluding hydrogens is 115 g/mol. The lowest BCUT2D eigenvalue weighted by Crippen LogP contribution is -2.19. The van der Waals surface area contributed by atoms with E-state index in [4.69, 9.17) is 11.8 Å². The van der Waals surface area contributed by atoms with Crippen LogP contribution < -0.4 is 5.43 Å². The standard InChI is InChI=1S/C3H5ClN2O/c1-3-2-7-6(4)5-3/h2,5H,1H3. The molecule has 0 amide bonds. The van der Waals surface area contributed by atoms with Gasteiger partial charge in [0.05, 0.1) is 5.70 Å². The molecule has 0 fully saturated rings. The van der Waals surface area contributed by atoms with Gasteiger partial charge in [0.1, 0.15) is 6.26 Å². The van der Waals surface area contributed by atoms with Crippen molar-refractivity contribution in [2.24, 2.45) is 0 Å². The second kappa shape index (κ2) is 1.60. The van der Waals surface area contributed by atoms with Crippen molar-refractivity contribution in [2.45, 2.75) is 6.92 Å². The van der Waals surface area contributed by atoms with E-state index in [1.165, 1.54) is 6.26 Å². The molecule has 0 atom stereocenters. The number of hydrazine groups is 1. The summed E-state index contributed by atoms with van der Waals surface area (Å²) in [6, 6.07) is 0. The van der Waals surface area contributed by atoms with E-state index < -0.39 is 0 Å². The summed E-state index contributed by atoms with van der Waals surface area (Å²) in [6.45, 7) is 1.85. The minimum Gasteiger partial charge on any atom is -0.377 e. The average Bonchev–Trinajstić information content (AvgIpc) is 1.87. The molecule has 7 heavy (non-hydrogen) atoms. The zero-order chi connectivity index (χ0) is 5.28. The Hall–Kier alpha value is -0.410. The van der Waals surface area contributed by atoms with Gasteiger partial charge in [-0.15, -0.1) is 0 Å². The molecule has 0 aromatic heterocycles. The van der Waals surface area contributed by atoms with Crippen molar-refractivity contribution >= 4 is 11.8 Å². The quantitative estimate of drug-likeness (QED) is 0.478. The predicted molar refractivity (Wildman–Crippen MR) is 25.7 cm³/mol. The summed E-state index contributed by atoms with van der Waals surface area (Å²) in [7, 11) is 0. The van der Waals surface area contributed by atoms with E-state index >= 15 is 0 Å². The van der Waals surface area contributed by atoms with Crippen LogP contribution in [0, 0.1) is 0 Å². The smallest absolute Gasteiger partial charge is 0.135 e. The van der Waals surface area contributed by atoms with Crippen LogP contribution in [0.25, 0.3) is 0 Å². The van der Waals surface area contributed by atoms with E-state index in [1.807, 2.05) is 6.92 Å². The van der Waals surface area contributed by atoms with Crippen LogP contribution in [0.2, 0.25) is 0 Å². The molecule has 3 nitrogen and oxygen atoms in total. The van der Waals surface area contributed by atoms with E-state index in [2.05, 4.69) is 10.3 Å². The Morgan fingerprint density at radius 3 is 2.86 bits per heavy atom. The Morgan fingerprint density at radius 1 is 2.00 bits per heavy atom. The van der Waals surface area contributed by atoms with Crippen LogP contribution in [-0.2, 0) is 4.84 Å². The third-order valence-electron chi connectivity index (χ3n) is 0.586. The summed E-state index contributed by atoms with van der Waals surface area (Å²) >= 11 is 5.25. The van der Waals surface area contributed by atoms with E-state index in [1.54, 1.807) is 0 Å². The van der Waals surface area contributed by atoms with Crippen LogP contribution in [0.3, 0.4) is 0 Å². The monoisotopic (exact) mass is 120 g/mol. The largest absolute Gasteiger partial charge is 0.377 e. The SMILES string of the molecule is CC1=CON(Cl)N1. The number of nitrogens with zero attached hydrogens (tertiary/aromatic N) is 1. The zero-order valence-electron chi connectivity index (χ0n) is 3.81. The predicted octanol–water partition coefficient (Wildman–Crippen LogP) is 0.753. The van der Waals surface area contributed by atoms with E-state index in [0.717, 1.165) is 10.4 Å². The zero-order valence-corrected chi connectivity index (χ0v) is 4.57. The van der Waals surface area contributed by atoms with Gasteiger partial charge in [-0.25, -0.2) is 0 Å². The van der Waals surface area contributed by atoms with Crippen LogP contribution in [0.1, 0.15) is 6.92 Å². The van der Waals surface area contributed by atoms with Crippen molar-refractivity contribution in [2.75, 3.05) is 0 Å². The molecule has 0 saturated heterocycles. The Kier molecular flexibility index (Phi) is 1.08. The highest BCUT2D eigenvalue weighted by atomic mass is 35.5. The second-order valence-electron chi connectivity index (χ2n) is 1.26. The number of rotatable bonds is 0. The van der Waals surface area contributed by atoms with Gasteiger partial charge in [-0.2, -0.15) is 0 Å².